The minimum Gasteiger partial charge on any atom is -0.493 e. The third kappa shape index (κ3) is 4.91. The Morgan fingerprint density at radius 3 is 2.44 bits per heavy atom. The van der Waals surface area contributed by atoms with Gasteiger partial charge in [-0.05, 0) is 43.3 Å². The standard InChI is InChI=1S/C26H23N3O5/c1-17-11-13-19(14-12-17)27-23(30)16-34-24-18(7-6-10-22(24)33-2)15-21-25(31)29(26(32)28-21)20-8-4-3-5-9-20/h3-15H,16H2,1-2H3,(H,27,30)(H,28,32)/b21-15-. The van der Waals surface area contributed by atoms with E-state index >= 15 is 0 Å². The number of amides is 4. The molecule has 172 valence electrons. The van der Waals surface area contributed by atoms with Crippen molar-refractivity contribution in [3.63, 3.8) is 0 Å². The van der Waals surface area contributed by atoms with Gasteiger partial charge in [-0.1, -0.05) is 48.0 Å². The molecular weight excluding hydrogens is 434 g/mol. The van der Waals surface area contributed by atoms with Crippen LogP contribution in [0.1, 0.15) is 11.1 Å². The van der Waals surface area contributed by atoms with Gasteiger partial charge in [0.2, 0.25) is 0 Å². The van der Waals surface area contributed by atoms with Crippen LogP contribution in [-0.2, 0) is 9.59 Å². The van der Waals surface area contributed by atoms with Gasteiger partial charge in [-0.3, -0.25) is 9.59 Å². The Morgan fingerprint density at radius 2 is 1.74 bits per heavy atom. The summed E-state index contributed by atoms with van der Waals surface area (Å²) in [5.74, 6) is -0.193. The molecule has 3 aromatic carbocycles. The third-order valence-corrected chi connectivity index (χ3v) is 5.10. The number of aryl methyl sites for hydroxylation is 1. The average Bonchev–Trinajstić information content (AvgIpc) is 3.12. The quantitative estimate of drug-likeness (QED) is 0.411. The zero-order valence-corrected chi connectivity index (χ0v) is 18.7. The van der Waals surface area contributed by atoms with E-state index in [0.29, 0.717) is 22.7 Å². The van der Waals surface area contributed by atoms with Gasteiger partial charge in [0, 0.05) is 11.3 Å². The van der Waals surface area contributed by atoms with E-state index in [4.69, 9.17) is 9.47 Å². The van der Waals surface area contributed by atoms with Gasteiger partial charge in [0.15, 0.2) is 18.1 Å². The SMILES string of the molecule is COc1cccc(/C=C2\NC(=O)N(c3ccccc3)C2=O)c1OCC(=O)Nc1ccc(C)cc1. The average molecular weight is 457 g/mol. The number of hydrogen-bond acceptors (Lipinski definition) is 5. The molecule has 0 unspecified atom stereocenters. The maximum atomic E-state index is 12.9. The monoisotopic (exact) mass is 457 g/mol. The van der Waals surface area contributed by atoms with Crippen molar-refractivity contribution in [2.75, 3.05) is 23.9 Å². The summed E-state index contributed by atoms with van der Waals surface area (Å²) in [5.41, 5.74) is 2.75. The molecule has 4 amide bonds. The Bertz CT molecular complexity index is 1250. The van der Waals surface area contributed by atoms with Gasteiger partial charge in [-0.15, -0.1) is 0 Å². The number of ether oxygens (including phenoxy) is 2. The zero-order valence-electron chi connectivity index (χ0n) is 18.7. The van der Waals surface area contributed by atoms with E-state index in [2.05, 4.69) is 10.6 Å². The molecule has 34 heavy (non-hydrogen) atoms. The number of methoxy groups -OCH3 is 1. The van der Waals surface area contributed by atoms with Crippen LogP contribution in [0.3, 0.4) is 0 Å². The first-order chi connectivity index (χ1) is 16.5. The van der Waals surface area contributed by atoms with Gasteiger partial charge in [-0.25, -0.2) is 9.69 Å². The molecule has 3 aromatic rings. The van der Waals surface area contributed by atoms with Crippen LogP contribution in [0.25, 0.3) is 6.08 Å². The summed E-state index contributed by atoms with van der Waals surface area (Å²) in [6.07, 6.45) is 1.50. The van der Waals surface area contributed by atoms with E-state index in [9.17, 15) is 14.4 Å². The number of nitrogens with one attached hydrogen (secondary N) is 2. The molecule has 4 rings (SSSR count). The van der Waals surface area contributed by atoms with Gasteiger partial charge < -0.3 is 20.1 Å². The molecular formula is C26H23N3O5. The van der Waals surface area contributed by atoms with Crippen molar-refractivity contribution in [1.82, 2.24) is 5.32 Å². The van der Waals surface area contributed by atoms with Crippen molar-refractivity contribution < 1.29 is 23.9 Å². The summed E-state index contributed by atoms with van der Waals surface area (Å²) in [4.78, 5) is 38.8. The molecule has 0 radical (unpaired) electrons. The molecule has 1 heterocycles. The van der Waals surface area contributed by atoms with Crippen molar-refractivity contribution in [2.24, 2.45) is 0 Å². The molecule has 1 saturated heterocycles. The number of imide groups is 1. The highest BCUT2D eigenvalue weighted by Gasteiger charge is 2.35. The van der Waals surface area contributed by atoms with Crippen LogP contribution in [0.2, 0.25) is 0 Å². The predicted molar refractivity (Wildman–Crippen MR) is 129 cm³/mol. The fourth-order valence-electron chi connectivity index (χ4n) is 3.44. The lowest BCUT2D eigenvalue weighted by atomic mass is 10.1. The van der Waals surface area contributed by atoms with E-state index in [1.807, 2.05) is 19.1 Å². The van der Waals surface area contributed by atoms with Crippen LogP contribution < -0.4 is 25.0 Å². The number of urea groups is 1. The number of carbonyl (C=O) groups is 3. The Kier molecular flexibility index (Phi) is 6.59. The number of nitrogens with zero attached hydrogens (tertiary/aromatic N) is 1. The van der Waals surface area contributed by atoms with Crippen LogP contribution in [0, 0.1) is 6.92 Å². The molecule has 2 N–H and O–H groups in total. The summed E-state index contributed by atoms with van der Waals surface area (Å²) in [7, 11) is 1.48. The fourth-order valence-corrected chi connectivity index (χ4v) is 3.44. The van der Waals surface area contributed by atoms with E-state index in [-0.39, 0.29) is 24.0 Å². The maximum Gasteiger partial charge on any atom is 0.333 e. The summed E-state index contributed by atoms with van der Waals surface area (Å²) in [6.45, 7) is 1.68. The molecule has 1 aliphatic rings. The number of para-hydroxylation sites is 2. The highest BCUT2D eigenvalue weighted by atomic mass is 16.5. The Morgan fingerprint density at radius 1 is 1.00 bits per heavy atom. The molecule has 0 saturated carbocycles. The second kappa shape index (κ2) is 9.91. The van der Waals surface area contributed by atoms with Gasteiger partial charge >= 0.3 is 6.03 Å². The number of anilines is 2. The van der Waals surface area contributed by atoms with Crippen molar-refractivity contribution in [3.8, 4) is 11.5 Å². The third-order valence-electron chi connectivity index (χ3n) is 5.10. The van der Waals surface area contributed by atoms with Crippen molar-refractivity contribution >= 4 is 35.3 Å². The Labute approximate surface area is 196 Å². The van der Waals surface area contributed by atoms with E-state index in [1.165, 1.54) is 13.2 Å². The normalized spacial score (nSPS) is 14.2. The number of hydrogen-bond donors (Lipinski definition) is 2. The molecule has 0 aromatic heterocycles. The summed E-state index contributed by atoms with van der Waals surface area (Å²) in [6, 6.07) is 20.6. The molecule has 8 nitrogen and oxygen atoms in total. The second-order valence-electron chi connectivity index (χ2n) is 7.55. The number of carbonyl (C=O) groups excluding carboxylic acids is 3. The van der Waals surface area contributed by atoms with Crippen LogP contribution in [0.15, 0.2) is 78.5 Å². The first-order valence-electron chi connectivity index (χ1n) is 10.5. The van der Waals surface area contributed by atoms with Crippen molar-refractivity contribution in [2.45, 2.75) is 6.92 Å². The van der Waals surface area contributed by atoms with Crippen LogP contribution in [-0.4, -0.2) is 31.6 Å². The van der Waals surface area contributed by atoms with Crippen molar-refractivity contribution in [1.29, 1.82) is 0 Å². The largest absolute Gasteiger partial charge is 0.493 e. The van der Waals surface area contributed by atoms with Gasteiger partial charge in [0.1, 0.15) is 5.70 Å². The molecule has 8 heteroatoms. The van der Waals surface area contributed by atoms with Crippen LogP contribution >= 0.6 is 0 Å². The minimum absolute atomic E-state index is 0.0797. The fraction of sp³-hybridized carbons (Fsp3) is 0.115. The second-order valence-corrected chi connectivity index (χ2v) is 7.55. The van der Waals surface area contributed by atoms with E-state index < -0.39 is 11.9 Å². The van der Waals surface area contributed by atoms with Gasteiger partial charge in [0.05, 0.1) is 12.8 Å². The summed E-state index contributed by atoms with van der Waals surface area (Å²) >= 11 is 0. The van der Waals surface area contributed by atoms with Crippen molar-refractivity contribution in [3.05, 3.63) is 89.6 Å². The Balaban J connectivity index is 1.54. The summed E-state index contributed by atoms with van der Waals surface area (Å²) in [5, 5.41) is 5.36. The molecule has 0 atom stereocenters. The smallest absolute Gasteiger partial charge is 0.333 e. The topological polar surface area (TPSA) is 97.0 Å². The Hall–Kier alpha value is -4.59. The van der Waals surface area contributed by atoms with Gasteiger partial charge in [0.25, 0.3) is 11.8 Å². The zero-order chi connectivity index (χ0) is 24.1. The lowest BCUT2D eigenvalue weighted by Crippen LogP contribution is -2.30. The van der Waals surface area contributed by atoms with E-state index in [0.717, 1.165) is 10.5 Å². The predicted octanol–water partition coefficient (Wildman–Crippen LogP) is 4.12. The lowest BCUT2D eigenvalue weighted by Gasteiger charge is -2.14. The summed E-state index contributed by atoms with van der Waals surface area (Å²) < 4.78 is 11.2. The minimum atomic E-state index is -0.551. The first kappa shape index (κ1) is 22.6. The van der Waals surface area contributed by atoms with Crippen LogP contribution in [0.4, 0.5) is 16.2 Å². The van der Waals surface area contributed by atoms with Gasteiger partial charge in [-0.2, -0.15) is 0 Å². The molecule has 0 aliphatic carbocycles. The number of benzene rings is 3. The molecule has 1 fully saturated rings. The molecule has 0 spiro atoms. The molecule has 1 aliphatic heterocycles. The highest BCUT2D eigenvalue weighted by molar-refractivity contribution is 6.28. The highest BCUT2D eigenvalue weighted by Crippen LogP contribution is 2.33. The lowest BCUT2D eigenvalue weighted by molar-refractivity contribution is -0.118. The maximum absolute atomic E-state index is 12.9. The first-order valence-corrected chi connectivity index (χ1v) is 10.5. The van der Waals surface area contributed by atoms with E-state index in [1.54, 1.807) is 60.7 Å². The number of rotatable bonds is 7. The van der Waals surface area contributed by atoms with Crippen LogP contribution in [0.5, 0.6) is 11.5 Å². The molecule has 0 bridgehead atoms.